The third-order valence-corrected chi connectivity index (χ3v) is 4.21. The second kappa shape index (κ2) is 6.26. The zero-order valence-corrected chi connectivity index (χ0v) is 11.5. The first-order valence-electron chi connectivity index (χ1n) is 6.93. The number of carbonyl (C=O) groups excluding carboxylic acids is 1. The number of hydrogen-bond acceptors (Lipinski definition) is 4. The van der Waals surface area contributed by atoms with Gasteiger partial charge in [0, 0.05) is 13.1 Å². The molecule has 0 aromatic carbocycles. The minimum atomic E-state index is -0.884. The fourth-order valence-corrected chi connectivity index (χ4v) is 2.84. The van der Waals surface area contributed by atoms with Crippen LogP contribution in [0.5, 0.6) is 0 Å². The minimum Gasteiger partial charge on any atom is -0.479 e. The number of carbonyl (C=O) groups is 2. The molecule has 1 atom stereocenters. The van der Waals surface area contributed by atoms with Crippen LogP contribution < -0.4 is 0 Å². The lowest BCUT2D eigenvalue weighted by atomic mass is 9.73. The highest BCUT2D eigenvalue weighted by atomic mass is 16.6. The smallest absolute Gasteiger partial charge is 0.410 e. The van der Waals surface area contributed by atoms with Gasteiger partial charge in [-0.25, -0.2) is 9.59 Å². The largest absolute Gasteiger partial charge is 0.479 e. The van der Waals surface area contributed by atoms with Crippen molar-refractivity contribution in [3.05, 3.63) is 12.7 Å². The quantitative estimate of drug-likeness (QED) is 0.797. The summed E-state index contributed by atoms with van der Waals surface area (Å²) in [7, 11) is 0. The van der Waals surface area contributed by atoms with Crippen molar-refractivity contribution in [2.75, 3.05) is 26.3 Å². The maximum absolute atomic E-state index is 11.7. The SMILES string of the molecule is C=CCOC(=O)N1CCC2(CCC(C(=O)O)OC2)CC1. The van der Waals surface area contributed by atoms with Crippen LogP contribution in [0.2, 0.25) is 0 Å². The number of piperidine rings is 1. The lowest BCUT2D eigenvalue weighted by Crippen LogP contribution is -2.48. The molecule has 2 aliphatic rings. The first-order valence-corrected chi connectivity index (χ1v) is 6.93. The van der Waals surface area contributed by atoms with Crippen molar-refractivity contribution in [2.24, 2.45) is 5.41 Å². The fraction of sp³-hybridized carbons (Fsp3) is 0.714. The molecule has 1 amide bonds. The Morgan fingerprint density at radius 1 is 1.40 bits per heavy atom. The van der Waals surface area contributed by atoms with Crippen LogP contribution in [0.4, 0.5) is 4.79 Å². The van der Waals surface area contributed by atoms with Gasteiger partial charge in [0.15, 0.2) is 6.10 Å². The van der Waals surface area contributed by atoms with Gasteiger partial charge in [-0.05, 0) is 31.1 Å². The maximum atomic E-state index is 11.7. The molecule has 2 aliphatic heterocycles. The second-order valence-corrected chi connectivity index (χ2v) is 5.53. The molecule has 6 nitrogen and oxygen atoms in total. The molecule has 20 heavy (non-hydrogen) atoms. The fourth-order valence-electron chi connectivity index (χ4n) is 2.84. The molecule has 0 saturated carbocycles. The molecule has 1 unspecified atom stereocenters. The number of likely N-dealkylation sites (tertiary alicyclic amines) is 1. The van der Waals surface area contributed by atoms with Gasteiger partial charge >= 0.3 is 12.1 Å². The Kier molecular flexibility index (Phi) is 4.65. The van der Waals surface area contributed by atoms with E-state index in [1.165, 1.54) is 0 Å². The predicted molar refractivity (Wildman–Crippen MR) is 71.4 cm³/mol. The van der Waals surface area contributed by atoms with E-state index in [0.717, 1.165) is 19.3 Å². The van der Waals surface area contributed by atoms with Gasteiger partial charge in [0.1, 0.15) is 6.61 Å². The van der Waals surface area contributed by atoms with Crippen LogP contribution in [0.15, 0.2) is 12.7 Å². The molecule has 0 radical (unpaired) electrons. The summed E-state index contributed by atoms with van der Waals surface area (Å²) in [5, 5.41) is 8.92. The zero-order chi connectivity index (χ0) is 14.6. The minimum absolute atomic E-state index is 0.0289. The molecular formula is C14H21NO5. The first-order chi connectivity index (χ1) is 9.56. The molecular weight excluding hydrogens is 262 g/mol. The van der Waals surface area contributed by atoms with Crippen molar-refractivity contribution < 1.29 is 24.2 Å². The highest BCUT2D eigenvalue weighted by molar-refractivity contribution is 5.72. The van der Waals surface area contributed by atoms with Gasteiger partial charge in [-0.1, -0.05) is 12.7 Å². The van der Waals surface area contributed by atoms with Crippen LogP contribution in [0.25, 0.3) is 0 Å². The Labute approximate surface area is 118 Å². The summed E-state index contributed by atoms with van der Waals surface area (Å²) >= 11 is 0. The lowest BCUT2D eigenvalue weighted by molar-refractivity contribution is -0.161. The van der Waals surface area contributed by atoms with E-state index >= 15 is 0 Å². The Balaban J connectivity index is 1.81. The summed E-state index contributed by atoms with van der Waals surface area (Å²) in [4.78, 5) is 24.3. The summed E-state index contributed by atoms with van der Waals surface area (Å²) in [6.07, 6.45) is 3.64. The number of carboxylic acids is 1. The Morgan fingerprint density at radius 3 is 2.60 bits per heavy atom. The number of hydrogen-bond donors (Lipinski definition) is 1. The van der Waals surface area contributed by atoms with E-state index in [-0.39, 0.29) is 18.1 Å². The van der Waals surface area contributed by atoms with Gasteiger partial charge in [-0.3, -0.25) is 0 Å². The van der Waals surface area contributed by atoms with Gasteiger partial charge in [-0.2, -0.15) is 0 Å². The van der Waals surface area contributed by atoms with E-state index in [0.29, 0.717) is 26.1 Å². The molecule has 112 valence electrons. The average Bonchev–Trinajstić information content (AvgIpc) is 2.46. The Bertz CT molecular complexity index is 377. The summed E-state index contributed by atoms with van der Waals surface area (Å²) in [5.74, 6) is -0.884. The van der Waals surface area contributed by atoms with Gasteiger partial charge in [-0.15, -0.1) is 0 Å². The molecule has 0 aromatic rings. The Hall–Kier alpha value is -1.56. The highest BCUT2D eigenvalue weighted by Gasteiger charge is 2.41. The van der Waals surface area contributed by atoms with Gasteiger partial charge in [0.05, 0.1) is 6.61 Å². The van der Waals surface area contributed by atoms with Crippen LogP contribution in [0.1, 0.15) is 25.7 Å². The van der Waals surface area contributed by atoms with E-state index in [9.17, 15) is 9.59 Å². The van der Waals surface area contributed by atoms with Crippen molar-refractivity contribution in [1.82, 2.24) is 4.90 Å². The monoisotopic (exact) mass is 283 g/mol. The van der Waals surface area contributed by atoms with E-state index in [2.05, 4.69) is 6.58 Å². The van der Waals surface area contributed by atoms with Gasteiger partial charge < -0.3 is 19.5 Å². The van der Waals surface area contributed by atoms with Crippen molar-refractivity contribution in [1.29, 1.82) is 0 Å². The highest BCUT2D eigenvalue weighted by Crippen LogP contribution is 2.40. The van der Waals surface area contributed by atoms with Gasteiger partial charge in [0.25, 0.3) is 0 Å². The summed E-state index contributed by atoms with van der Waals surface area (Å²) in [6, 6.07) is 0. The van der Waals surface area contributed by atoms with Gasteiger partial charge in [0.2, 0.25) is 0 Å². The summed E-state index contributed by atoms with van der Waals surface area (Å²) < 4.78 is 10.5. The van der Waals surface area contributed by atoms with E-state index in [1.807, 2.05) is 0 Å². The van der Waals surface area contributed by atoms with Crippen LogP contribution in [0.3, 0.4) is 0 Å². The summed E-state index contributed by atoms with van der Waals surface area (Å²) in [5.41, 5.74) is 0.0289. The van der Waals surface area contributed by atoms with Crippen molar-refractivity contribution in [3.8, 4) is 0 Å². The number of carboxylic acid groups (broad SMARTS) is 1. The Morgan fingerprint density at radius 2 is 2.10 bits per heavy atom. The van der Waals surface area contributed by atoms with Crippen molar-refractivity contribution >= 4 is 12.1 Å². The topological polar surface area (TPSA) is 76.1 Å². The summed E-state index contributed by atoms with van der Waals surface area (Å²) in [6.45, 7) is 5.48. The van der Waals surface area contributed by atoms with Crippen LogP contribution in [-0.2, 0) is 14.3 Å². The maximum Gasteiger partial charge on any atom is 0.410 e. The lowest BCUT2D eigenvalue weighted by Gasteiger charge is -2.44. The molecule has 2 rings (SSSR count). The standard InChI is InChI=1S/C14H21NO5/c1-2-9-19-13(18)15-7-5-14(6-8-15)4-3-11(12(16)17)20-10-14/h2,11H,1,3-10H2,(H,16,17). The molecule has 2 fully saturated rings. The molecule has 1 spiro atoms. The number of aliphatic carboxylic acids is 1. The van der Waals surface area contributed by atoms with Crippen molar-refractivity contribution in [3.63, 3.8) is 0 Å². The normalized spacial score (nSPS) is 25.2. The second-order valence-electron chi connectivity index (χ2n) is 5.53. The predicted octanol–water partition coefficient (Wildman–Crippen LogP) is 1.65. The molecule has 0 bridgehead atoms. The van der Waals surface area contributed by atoms with Crippen LogP contribution in [-0.4, -0.2) is 54.5 Å². The zero-order valence-electron chi connectivity index (χ0n) is 11.5. The third kappa shape index (κ3) is 3.30. The molecule has 2 saturated heterocycles. The number of nitrogens with zero attached hydrogens (tertiary/aromatic N) is 1. The number of amides is 1. The molecule has 0 aliphatic carbocycles. The average molecular weight is 283 g/mol. The molecule has 0 aromatic heterocycles. The first kappa shape index (κ1) is 14.8. The van der Waals surface area contributed by atoms with Crippen LogP contribution >= 0.6 is 0 Å². The molecule has 1 N–H and O–H groups in total. The number of ether oxygens (including phenoxy) is 2. The van der Waals surface area contributed by atoms with E-state index < -0.39 is 12.1 Å². The number of rotatable bonds is 3. The molecule has 6 heteroatoms. The van der Waals surface area contributed by atoms with E-state index in [1.54, 1.807) is 11.0 Å². The third-order valence-electron chi connectivity index (χ3n) is 4.21. The van der Waals surface area contributed by atoms with E-state index in [4.69, 9.17) is 14.6 Å². The van der Waals surface area contributed by atoms with Crippen molar-refractivity contribution in [2.45, 2.75) is 31.8 Å². The van der Waals surface area contributed by atoms with Crippen LogP contribution in [0, 0.1) is 5.41 Å². The molecule has 2 heterocycles.